The Labute approximate surface area is 107 Å². The lowest BCUT2D eigenvalue weighted by atomic mass is 10.2. The molecule has 1 aliphatic rings. The van der Waals surface area contributed by atoms with Gasteiger partial charge in [-0.3, -0.25) is 4.99 Å². The Balaban J connectivity index is 2.05. The van der Waals surface area contributed by atoms with Crippen LogP contribution in [0.1, 0.15) is 19.4 Å². The molecule has 5 heteroatoms. The fraction of sp³-hybridized carbons (Fsp3) is 0.385. The van der Waals surface area contributed by atoms with E-state index >= 15 is 0 Å². The molecule has 0 fully saturated rings. The van der Waals surface area contributed by atoms with Gasteiger partial charge >= 0.3 is 6.03 Å². The predicted octanol–water partition coefficient (Wildman–Crippen LogP) is 1.57. The number of aliphatic imine (C=N–C) groups is 1. The summed E-state index contributed by atoms with van der Waals surface area (Å²) in [5, 5.41) is 8.80. The summed E-state index contributed by atoms with van der Waals surface area (Å²) in [6, 6.07) is 7.58. The summed E-state index contributed by atoms with van der Waals surface area (Å²) in [6.07, 6.45) is 0. The van der Waals surface area contributed by atoms with Crippen molar-refractivity contribution in [1.82, 2.24) is 10.6 Å². The highest BCUT2D eigenvalue weighted by molar-refractivity contribution is 6.01. The third-order valence-electron chi connectivity index (χ3n) is 2.49. The predicted molar refractivity (Wildman–Crippen MR) is 73.1 cm³/mol. The summed E-state index contributed by atoms with van der Waals surface area (Å²) >= 11 is 0. The van der Waals surface area contributed by atoms with Crippen molar-refractivity contribution in [2.45, 2.75) is 19.9 Å². The minimum Gasteiger partial charge on any atom is -0.368 e. The number of hydrogen-bond acceptors (Lipinski definition) is 3. The molecule has 0 unspecified atom stereocenters. The van der Waals surface area contributed by atoms with Gasteiger partial charge in [-0.15, -0.1) is 0 Å². The van der Waals surface area contributed by atoms with E-state index in [4.69, 9.17) is 0 Å². The first-order chi connectivity index (χ1) is 8.65. The van der Waals surface area contributed by atoms with E-state index in [9.17, 15) is 4.79 Å². The van der Waals surface area contributed by atoms with Crippen molar-refractivity contribution in [3.05, 3.63) is 29.8 Å². The van der Waals surface area contributed by atoms with Gasteiger partial charge in [-0.25, -0.2) is 4.79 Å². The summed E-state index contributed by atoms with van der Waals surface area (Å²) in [7, 11) is 0. The number of amidine groups is 1. The van der Waals surface area contributed by atoms with E-state index in [1.54, 1.807) is 0 Å². The van der Waals surface area contributed by atoms with E-state index in [2.05, 4.69) is 20.9 Å². The van der Waals surface area contributed by atoms with Gasteiger partial charge in [-0.2, -0.15) is 0 Å². The highest BCUT2D eigenvalue weighted by Gasteiger charge is 2.09. The van der Waals surface area contributed by atoms with Crippen LogP contribution < -0.4 is 16.0 Å². The quantitative estimate of drug-likeness (QED) is 0.758. The summed E-state index contributed by atoms with van der Waals surface area (Å²) in [4.78, 5) is 15.9. The van der Waals surface area contributed by atoms with Crippen molar-refractivity contribution in [2.75, 3.05) is 18.4 Å². The van der Waals surface area contributed by atoms with E-state index in [-0.39, 0.29) is 12.1 Å². The molecule has 0 saturated heterocycles. The highest BCUT2D eigenvalue weighted by Crippen LogP contribution is 2.12. The normalized spacial score (nSPS) is 14.1. The highest BCUT2D eigenvalue weighted by atomic mass is 16.2. The average Bonchev–Trinajstić information content (AvgIpc) is 2.81. The summed E-state index contributed by atoms with van der Waals surface area (Å²) in [5.41, 5.74) is 1.76. The molecule has 1 aliphatic heterocycles. The van der Waals surface area contributed by atoms with Crippen LogP contribution in [-0.4, -0.2) is 31.0 Å². The number of urea groups is 1. The molecule has 1 heterocycles. The first kappa shape index (κ1) is 12.4. The fourth-order valence-electron chi connectivity index (χ4n) is 1.76. The molecule has 0 aromatic heterocycles. The van der Waals surface area contributed by atoms with Crippen molar-refractivity contribution < 1.29 is 4.79 Å². The van der Waals surface area contributed by atoms with Gasteiger partial charge in [0.25, 0.3) is 0 Å². The van der Waals surface area contributed by atoms with Crippen LogP contribution in [0.25, 0.3) is 0 Å². The molecule has 2 amide bonds. The van der Waals surface area contributed by atoms with Crippen LogP contribution in [0, 0.1) is 0 Å². The molecule has 18 heavy (non-hydrogen) atoms. The van der Waals surface area contributed by atoms with Gasteiger partial charge < -0.3 is 16.0 Å². The number of carbonyl (C=O) groups is 1. The number of nitrogens with one attached hydrogen (secondary N) is 3. The molecule has 0 aliphatic carbocycles. The van der Waals surface area contributed by atoms with Gasteiger partial charge in [0.15, 0.2) is 0 Å². The molecule has 0 bridgehead atoms. The molecule has 1 aromatic rings. The van der Waals surface area contributed by atoms with Crippen molar-refractivity contribution in [3.8, 4) is 0 Å². The monoisotopic (exact) mass is 246 g/mol. The van der Waals surface area contributed by atoms with E-state index in [1.807, 2.05) is 38.1 Å². The number of anilines is 1. The Morgan fingerprint density at radius 1 is 1.44 bits per heavy atom. The fourth-order valence-corrected chi connectivity index (χ4v) is 1.76. The van der Waals surface area contributed by atoms with Gasteiger partial charge in [0, 0.05) is 23.8 Å². The van der Waals surface area contributed by atoms with Crippen LogP contribution >= 0.6 is 0 Å². The van der Waals surface area contributed by atoms with Gasteiger partial charge in [0.2, 0.25) is 0 Å². The van der Waals surface area contributed by atoms with E-state index in [1.165, 1.54) is 0 Å². The smallest absolute Gasteiger partial charge is 0.319 e. The zero-order valence-electron chi connectivity index (χ0n) is 10.7. The van der Waals surface area contributed by atoms with Crippen molar-refractivity contribution in [1.29, 1.82) is 0 Å². The molecule has 5 nitrogen and oxygen atoms in total. The molecule has 0 radical (unpaired) electrons. The van der Waals surface area contributed by atoms with Gasteiger partial charge in [0.1, 0.15) is 5.84 Å². The zero-order valence-corrected chi connectivity index (χ0v) is 10.7. The van der Waals surface area contributed by atoms with E-state index in [0.29, 0.717) is 0 Å². The lowest BCUT2D eigenvalue weighted by molar-refractivity contribution is 0.250. The third-order valence-corrected chi connectivity index (χ3v) is 2.49. The van der Waals surface area contributed by atoms with Crippen molar-refractivity contribution in [3.63, 3.8) is 0 Å². The van der Waals surface area contributed by atoms with Gasteiger partial charge in [0.05, 0.1) is 6.54 Å². The van der Waals surface area contributed by atoms with Crippen LogP contribution in [0.15, 0.2) is 29.3 Å². The number of rotatable bonds is 3. The van der Waals surface area contributed by atoms with Crippen LogP contribution in [0.2, 0.25) is 0 Å². The van der Waals surface area contributed by atoms with Crippen LogP contribution in [0.4, 0.5) is 10.5 Å². The van der Waals surface area contributed by atoms with Crippen molar-refractivity contribution in [2.24, 2.45) is 4.99 Å². The Morgan fingerprint density at radius 3 is 2.94 bits per heavy atom. The molecular weight excluding hydrogens is 228 g/mol. The standard InChI is InChI=1S/C13H18N4O/c1-9(2)16-13(18)17-11-5-3-4-10(8-11)12-14-6-7-15-12/h3-5,8-9H,6-7H2,1-2H3,(H,14,15)(H2,16,17,18). The summed E-state index contributed by atoms with van der Waals surface area (Å²) in [6.45, 7) is 5.53. The summed E-state index contributed by atoms with van der Waals surface area (Å²) < 4.78 is 0. The maximum absolute atomic E-state index is 11.6. The van der Waals surface area contributed by atoms with E-state index < -0.39 is 0 Å². The maximum Gasteiger partial charge on any atom is 0.319 e. The minimum atomic E-state index is -0.191. The topological polar surface area (TPSA) is 65.5 Å². The molecular formula is C13H18N4O. The number of nitrogens with zero attached hydrogens (tertiary/aromatic N) is 1. The van der Waals surface area contributed by atoms with Crippen LogP contribution in [-0.2, 0) is 0 Å². The molecule has 0 saturated carbocycles. The Kier molecular flexibility index (Phi) is 3.82. The summed E-state index contributed by atoms with van der Waals surface area (Å²) in [5.74, 6) is 0.892. The molecule has 2 rings (SSSR count). The second-order valence-electron chi connectivity index (χ2n) is 4.49. The third kappa shape index (κ3) is 3.23. The lowest BCUT2D eigenvalue weighted by Gasteiger charge is -2.11. The first-order valence-electron chi connectivity index (χ1n) is 6.11. The minimum absolute atomic E-state index is 0.119. The number of carbonyl (C=O) groups excluding carboxylic acids is 1. The molecule has 96 valence electrons. The molecule has 3 N–H and O–H groups in total. The Hall–Kier alpha value is -2.04. The van der Waals surface area contributed by atoms with Crippen LogP contribution in [0.5, 0.6) is 0 Å². The second kappa shape index (κ2) is 5.53. The Bertz CT molecular complexity index is 468. The van der Waals surface area contributed by atoms with Gasteiger partial charge in [-0.1, -0.05) is 12.1 Å². The Morgan fingerprint density at radius 2 is 2.28 bits per heavy atom. The van der Waals surface area contributed by atoms with Gasteiger partial charge in [-0.05, 0) is 26.0 Å². The SMILES string of the molecule is CC(C)NC(=O)Nc1cccc(C2=NCCN2)c1. The van der Waals surface area contributed by atoms with E-state index in [0.717, 1.165) is 30.2 Å². The number of amides is 2. The number of hydrogen-bond donors (Lipinski definition) is 3. The second-order valence-corrected chi connectivity index (χ2v) is 4.49. The maximum atomic E-state index is 11.6. The first-order valence-corrected chi connectivity index (χ1v) is 6.11. The molecule has 0 atom stereocenters. The van der Waals surface area contributed by atoms with Crippen LogP contribution in [0.3, 0.4) is 0 Å². The molecule has 0 spiro atoms. The average molecular weight is 246 g/mol. The zero-order chi connectivity index (χ0) is 13.0. The number of benzene rings is 1. The van der Waals surface area contributed by atoms with Crippen molar-refractivity contribution >= 4 is 17.6 Å². The molecule has 1 aromatic carbocycles. The lowest BCUT2D eigenvalue weighted by Crippen LogP contribution is -2.34. The largest absolute Gasteiger partial charge is 0.368 e.